The molecule has 1 unspecified atom stereocenters. The standard InChI is InChI=1S/C17H19Cl2N3OS/c1-10(20)11-4-6-22(7-5-11)17(23)15-9-24-16(21-15)12-2-3-13(18)14(19)8-12/h2-3,8-11H,4-7,20H2,1H3. The molecule has 0 spiro atoms. The van der Waals surface area contributed by atoms with Gasteiger partial charge in [0.25, 0.3) is 5.91 Å². The molecular formula is C17H19Cl2N3OS. The van der Waals surface area contributed by atoms with Crippen molar-refractivity contribution in [2.75, 3.05) is 13.1 Å². The summed E-state index contributed by atoms with van der Waals surface area (Å²) in [6.45, 7) is 3.52. The minimum Gasteiger partial charge on any atom is -0.337 e. The van der Waals surface area contributed by atoms with Gasteiger partial charge in [0.1, 0.15) is 10.7 Å². The average molecular weight is 384 g/mol. The highest BCUT2D eigenvalue weighted by Gasteiger charge is 2.26. The molecule has 4 nitrogen and oxygen atoms in total. The van der Waals surface area contributed by atoms with Crippen molar-refractivity contribution in [1.29, 1.82) is 0 Å². The lowest BCUT2D eigenvalue weighted by Gasteiger charge is -2.33. The Labute approximate surface area is 155 Å². The molecule has 0 radical (unpaired) electrons. The number of likely N-dealkylation sites (tertiary alicyclic amines) is 1. The first-order valence-electron chi connectivity index (χ1n) is 7.91. The van der Waals surface area contributed by atoms with Crippen LogP contribution in [0.3, 0.4) is 0 Å². The average Bonchev–Trinajstić information content (AvgIpc) is 3.07. The van der Waals surface area contributed by atoms with Gasteiger partial charge in [-0.2, -0.15) is 0 Å². The third-order valence-corrected chi connectivity index (χ3v) is 6.09. The van der Waals surface area contributed by atoms with Crippen LogP contribution in [0.25, 0.3) is 10.6 Å². The van der Waals surface area contributed by atoms with E-state index in [4.69, 9.17) is 28.9 Å². The number of hydrogen-bond donors (Lipinski definition) is 1. The zero-order chi connectivity index (χ0) is 17.3. The number of halogens is 2. The van der Waals surface area contributed by atoms with E-state index >= 15 is 0 Å². The molecule has 1 aromatic carbocycles. The molecule has 1 atom stereocenters. The molecule has 2 heterocycles. The maximum Gasteiger partial charge on any atom is 0.273 e. The van der Waals surface area contributed by atoms with Crippen LogP contribution in [0.2, 0.25) is 10.0 Å². The maximum atomic E-state index is 12.6. The topological polar surface area (TPSA) is 59.2 Å². The van der Waals surface area contributed by atoms with E-state index in [1.165, 1.54) is 11.3 Å². The summed E-state index contributed by atoms with van der Waals surface area (Å²) in [6, 6.07) is 5.55. The van der Waals surface area contributed by atoms with Gasteiger partial charge in [0.15, 0.2) is 0 Å². The number of piperidine rings is 1. The van der Waals surface area contributed by atoms with Crippen molar-refractivity contribution >= 4 is 40.4 Å². The second kappa shape index (κ2) is 7.40. The summed E-state index contributed by atoms with van der Waals surface area (Å²) in [5.74, 6) is 0.483. The largest absolute Gasteiger partial charge is 0.337 e. The molecule has 1 aliphatic heterocycles. The Morgan fingerprint density at radius 3 is 2.67 bits per heavy atom. The fourth-order valence-electron chi connectivity index (χ4n) is 2.92. The molecular weight excluding hydrogens is 365 g/mol. The highest BCUT2D eigenvalue weighted by Crippen LogP contribution is 2.31. The number of hydrogen-bond acceptors (Lipinski definition) is 4. The van der Waals surface area contributed by atoms with E-state index in [-0.39, 0.29) is 11.9 Å². The third-order valence-electron chi connectivity index (χ3n) is 4.46. The maximum absolute atomic E-state index is 12.6. The van der Waals surface area contributed by atoms with Crippen LogP contribution in [0, 0.1) is 5.92 Å². The molecule has 1 aromatic heterocycles. The van der Waals surface area contributed by atoms with E-state index in [9.17, 15) is 4.79 Å². The van der Waals surface area contributed by atoms with Crippen LogP contribution in [-0.2, 0) is 0 Å². The molecule has 24 heavy (non-hydrogen) atoms. The van der Waals surface area contributed by atoms with E-state index in [0.717, 1.165) is 36.5 Å². The summed E-state index contributed by atoms with van der Waals surface area (Å²) >= 11 is 13.4. The summed E-state index contributed by atoms with van der Waals surface area (Å²) in [6.07, 6.45) is 1.90. The third kappa shape index (κ3) is 3.75. The van der Waals surface area contributed by atoms with Gasteiger partial charge in [-0.1, -0.05) is 29.3 Å². The Balaban J connectivity index is 1.71. The van der Waals surface area contributed by atoms with Gasteiger partial charge in [0.05, 0.1) is 10.0 Å². The number of carbonyl (C=O) groups excluding carboxylic acids is 1. The molecule has 1 amide bonds. The van der Waals surface area contributed by atoms with Crippen LogP contribution in [0.1, 0.15) is 30.3 Å². The highest BCUT2D eigenvalue weighted by molar-refractivity contribution is 7.13. The van der Waals surface area contributed by atoms with Crippen molar-refractivity contribution in [1.82, 2.24) is 9.88 Å². The van der Waals surface area contributed by atoms with E-state index in [1.807, 2.05) is 17.9 Å². The second-order valence-electron chi connectivity index (χ2n) is 6.16. The number of carbonyl (C=O) groups is 1. The van der Waals surface area contributed by atoms with Crippen molar-refractivity contribution in [3.63, 3.8) is 0 Å². The lowest BCUT2D eigenvalue weighted by Crippen LogP contribution is -2.42. The fourth-order valence-corrected chi connectivity index (χ4v) is 4.01. The Hall–Kier alpha value is -1.14. The normalized spacial score (nSPS) is 17.1. The summed E-state index contributed by atoms with van der Waals surface area (Å²) in [7, 11) is 0. The van der Waals surface area contributed by atoms with Crippen LogP contribution < -0.4 is 5.73 Å². The predicted octanol–water partition coefficient (Wildman–Crippen LogP) is 4.32. The van der Waals surface area contributed by atoms with Crippen LogP contribution >= 0.6 is 34.5 Å². The van der Waals surface area contributed by atoms with Crippen molar-refractivity contribution < 1.29 is 4.79 Å². The Morgan fingerprint density at radius 2 is 2.04 bits per heavy atom. The van der Waals surface area contributed by atoms with Crippen molar-refractivity contribution in [3.8, 4) is 10.6 Å². The predicted molar refractivity (Wildman–Crippen MR) is 99.8 cm³/mol. The van der Waals surface area contributed by atoms with E-state index < -0.39 is 0 Å². The number of benzene rings is 1. The van der Waals surface area contributed by atoms with Crippen LogP contribution in [-0.4, -0.2) is 34.9 Å². The van der Waals surface area contributed by atoms with Crippen molar-refractivity contribution in [3.05, 3.63) is 39.3 Å². The minimum atomic E-state index is -0.0133. The zero-order valence-electron chi connectivity index (χ0n) is 13.3. The quantitative estimate of drug-likeness (QED) is 0.858. The van der Waals surface area contributed by atoms with Crippen LogP contribution in [0.15, 0.2) is 23.6 Å². The molecule has 2 aromatic rings. The van der Waals surface area contributed by atoms with Gasteiger partial charge in [-0.3, -0.25) is 4.79 Å². The van der Waals surface area contributed by atoms with Gasteiger partial charge < -0.3 is 10.6 Å². The monoisotopic (exact) mass is 383 g/mol. The first-order chi connectivity index (χ1) is 11.5. The van der Waals surface area contributed by atoms with Gasteiger partial charge in [-0.15, -0.1) is 11.3 Å². The molecule has 2 N–H and O–H groups in total. The Morgan fingerprint density at radius 1 is 1.33 bits per heavy atom. The summed E-state index contributed by atoms with van der Waals surface area (Å²) in [5.41, 5.74) is 7.31. The first-order valence-corrected chi connectivity index (χ1v) is 9.55. The SMILES string of the molecule is CC(N)C1CCN(C(=O)c2csc(-c3ccc(Cl)c(Cl)c3)n2)CC1. The molecule has 1 fully saturated rings. The van der Waals surface area contributed by atoms with Crippen molar-refractivity contribution in [2.45, 2.75) is 25.8 Å². The molecule has 0 saturated carbocycles. The number of rotatable bonds is 3. The van der Waals surface area contributed by atoms with Gasteiger partial charge in [-0.05, 0) is 37.8 Å². The van der Waals surface area contributed by atoms with Gasteiger partial charge in [-0.25, -0.2) is 4.98 Å². The van der Waals surface area contributed by atoms with Crippen molar-refractivity contribution in [2.24, 2.45) is 11.7 Å². The molecule has 0 bridgehead atoms. The number of nitrogens with two attached hydrogens (primary N) is 1. The van der Waals surface area contributed by atoms with Gasteiger partial charge >= 0.3 is 0 Å². The summed E-state index contributed by atoms with van der Waals surface area (Å²) < 4.78 is 0. The van der Waals surface area contributed by atoms with Gasteiger partial charge in [0.2, 0.25) is 0 Å². The lowest BCUT2D eigenvalue weighted by atomic mass is 9.91. The molecule has 3 rings (SSSR count). The Kier molecular flexibility index (Phi) is 5.45. The minimum absolute atomic E-state index is 0.0133. The van der Waals surface area contributed by atoms with Crippen LogP contribution in [0.5, 0.6) is 0 Å². The first kappa shape index (κ1) is 17.7. The fraction of sp³-hybridized carbons (Fsp3) is 0.412. The number of amides is 1. The molecule has 0 aliphatic carbocycles. The van der Waals surface area contributed by atoms with Crippen LogP contribution in [0.4, 0.5) is 0 Å². The molecule has 128 valence electrons. The zero-order valence-corrected chi connectivity index (χ0v) is 15.7. The highest BCUT2D eigenvalue weighted by atomic mass is 35.5. The summed E-state index contributed by atoms with van der Waals surface area (Å²) in [5, 5.41) is 3.56. The molecule has 1 saturated heterocycles. The molecule has 1 aliphatic rings. The summed E-state index contributed by atoms with van der Waals surface area (Å²) in [4.78, 5) is 19.0. The lowest BCUT2D eigenvalue weighted by molar-refractivity contribution is 0.0676. The number of thiazole rings is 1. The smallest absolute Gasteiger partial charge is 0.273 e. The van der Waals surface area contributed by atoms with E-state index in [1.54, 1.807) is 17.5 Å². The van der Waals surface area contributed by atoms with E-state index in [0.29, 0.717) is 21.7 Å². The second-order valence-corrected chi connectivity index (χ2v) is 7.83. The number of nitrogens with zero attached hydrogens (tertiary/aromatic N) is 2. The molecule has 7 heteroatoms. The number of aromatic nitrogens is 1. The van der Waals surface area contributed by atoms with E-state index in [2.05, 4.69) is 4.98 Å². The van der Waals surface area contributed by atoms with Gasteiger partial charge in [0, 0.05) is 30.1 Å². The Bertz CT molecular complexity index is 739.